The summed E-state index contributed by atoms with van der Waals surface area (Å²) in [6.07, 6.45) is 3.79. The Hall–Kier alpha value is -0.960. The topological polar surface area (TPSA) is 73.2 Å². The molecule has 0 radical (unpaired) electrons. The van der Waals surface area contributed by atoms with Crippen molar-refractivity contribution in [2.24, 2.45) is 7.05 Å². The first-order valence-electron chi connectivity index (χ1n) is 6.80. The van der Waals surface area contributed by atoms with Gasteiger partial charge < -0.3 is 13.8 Å². The number of hydrogen-bond donors (Lipinski definition) is 1. The lowest BCUT2D eigenvalue weighted by Crippen LogP contribution is -2.52. The molecule has 114 valence electrons. The molecule has 20 heavy (non-hydrogen) atoms. The van der Waals surface area contributed by atoms with E-state index in [0.29, 0.717) is 6.54 Å². The minimum atomic E-state index is -3.48. The summed E-state index contributed by atoms with van der Waals surface area (Å²) in [4.78, 5) is 3.86. The van der Waals surface area contributed by atoms with Crippen molar-refractivity contribution < 1.29 is 17.6 Å². The number of nitrogens with zero attached hydrogens (tertiary/aromatic N) is 3. The SMILES string of the molecule is Cn1cnc(S(=O)(=O)NCCC[N+]2(C)CCOCC2)c1. The van der Waals surface area contributed by atoms with Gasteiger partial charge in [-0.1, -0.05) is 0 Å². The first-order chi connectivity index (χ1) is 9.41. The Bertz CT molecular complexity index is 535. The van der Waals surface area contributed by atoms with Gasteiger partial charge in [-0.25, -0.2) is 18.1 Å². The lowest BCUT2D eigenvalue weighted by Gasteiger charge is -2.37. The molecule has 1 aliphatic heterocycles. The van der Waals surface area contributed by atoms with Gasteiger partial charge in [-0.05, 0) is 0 Å². The van der Waals surface area contributed by atoms with Crippen molar-refractivity contribution in [1.29, 1.82) is 0 Å². The van der Waals surface area contributed by atoms with Crippen molar-refractivity contribution >= 4 is 10.0 Å². The number of aryl methyl sites for hydroxylation is 1. The van der Waals surface area contributed by atoms with Crippen LogP contribution in [-0.4, -0.2) is 68.9 Å². The molecular formula is C12H23N4O3S+. The molecule has 1 aromatic heterocycles. The number of sulfonamides is 1. The highest BCUT2D eigenvalue weighted by Crippen LogP contribution is 2.09. The van der Waals surface area contributed by atoms with Gasteiger partial charge in [0.05, 0.1) is 33.1 Å². The lowest BCUT2D eigenvalue weighted by molar-refractivity contribution is -0.916. The maximum absolute atomic E-state index is 12.0. The molecule has 0 aromatic carbocycles. The molecule has 8 heteroatoms. The standard InChI is InChI=1S/C12H23N4O3S/c1-15-10-12(13-11-15)20(17,18)14-4-3-5-16(2)6-8-19-9-7-16/h10-11,14H,3-9H2,1-2H3/q+1. The van der Waals surface area contributed by atoms with Gasteiger partial charge in [0, 0.05) is 26.2 Å². The van der Waals surface area contributed by atoms with Crippen LogP contribution < -0.4 is 4.72 Å². The Morgan fingerprint density at radius 1 is 1.45 bits per heavy atom. The smallest absolute Gasteiger partial charge is 0.259 e. The van der Waals surface area contributed by atoms with E-state index in [1.54, 1.807) is 11.6 Å². The third-order valence-electron chi connectivity index (χ3n) is 3.67. The van der Waals surface area contributed by atoms with Crippen LogP contribution in [0.4, 0.5) is 0 Å². The molecule has 1 saturated heterocycles. The number of quaternary nitrogens is 1. The Morgan fingerprint density at radius 3 is 2.75 bits per heavy atom. The number of ether oxygens (including phenoxy) is 1. The molecule has 0 unspecified atom stereocenters. The Morgan fingerprint density at radius 2 is 2.15 bits per heavy atom. The highest BCUT2D eigenvalue weighted by molar-refractivity contribution is 7.89. The van der Waals surface area contributed by atoms with Gasteiger partial charge in [0.2, 0.25) is 0 Å². The fraction of sp³-hybridized carbons (Fsp3) is 0.750. The summed E-state index contributed by atoms with van der Waals surface area (Å²) in [6, 6.07) is 0. The van der Waals surface area contributed by atoms with Gasteiger partial charge in [-0.2, -0.15) is 0 Å². The molecule has 0 amide bonds. The van der Waals surface area contributed by atoms with Crippen molar-refractivity contribution in [3.63, 3.8) is 0 Å². The maximum Gasteiger partial charge on any atom is 0.259 e. The Balaban J connectivity index is 1.78. The van der Waals surface area contributed by atoms with Gasteiger partial charge in [-0.3, -0.25) is 0 Å². The lowest BCUT2D eigenvalue weighted by atomic mass is 10.3. The zero-order chi connectivity index (χ0) is 14.6. The predicted molar refractivity (Wildman–Crippen MR) is 74.6 cm³/mol. The van der Waals surface area contributed by atoms with Crippen LogP contribution in [-0.2, 0) is 21.8 Å². The van der Waals surface area contributed by atoms with Crippen molar-refractivity contribution in [3.05, 3.63) is 12.5 Å². The molecule has 1 aromatic rings. The predicted octanol–water partition coefficient (Wildman–Crippen LogP) is -0.435. The van der Waals surface area contributed by atoms with Crippen molar-refractivity contribution in [3.8, 4) is 0 Å². The summed E-state index contributed by atoms with van der Waals surface area (Å²) in [7, 11) is 0.460. The molecule has 1 aliphatic rings. The van der Waals surface area contributed by atoms with Gasteiger partial charge in [0.25, 0.3) is 10.0 Å². The van der Waals surface area contributed by atoms with E-state index in [1.165, 1.54) is 12.5 Å². The molecule has 2 heterocycles. The molecular weight excluding hydrogens is 280 g/mol. The van der Waals surface area contributed by atoms with E-state index in [9.17, 15) is 8.42 Å². The van der Waals surface area contributed by atoms with E-state index in [1.807, 2.05) is 0 Å². The van der Waals surface area contributed by atoms with Crippen LogP contribution in [0.25, 0.3) is 0 Å². The Kier molecular flexibility index (Phi) is 4.79. The molecule has 0 aliphatic carbocycles. The second-order valence-electron chi connectivity index (χ2n) is 5.53. The number of imidazole rings is 1. The van der Waals surface area contributed by atoms with Gasteiger partial charge in [-0.15, -0.1) is 0 Å². The first kappa shape index (κ1) is 15.4. The van der Waals surface area contributed by atoms with Crippen LogP contribution in [0.2, 0.25) is 0 Å². The minimum Gasteiger partial charge on any atom is -0.370 e. The van der Waals surface area contributed by atoms with Crippen LogP contribution in [0.3, 0.4) is 0 Å². The molecule has 2 rings (SSSR count). The molecule has 1 N–H and O–H groups in total. The van der Waals surface area contributed by atoms with Crippen molar-refractivity contribution in [1.82, 2.24) is 14.3 Å². The Labute approximate surface area is 120 Å². The summed E-state index contributed by atoms with van der Waals surface area (Å²) in [5.41, 5.74) is 0. The van der Waals surface area contributed by atoms with E-state index < -0.39 is 10.0 Å². The van der Waals surface area contributed by atoms with Gasteiger partial charge in [0.1, 0.15) is 13.1 Å². The minimum absolute atomic E-state index is 0.0757. The fourth-order valence-electron chi connectivity index (χ4n) is 2.28. The van der Waals surface area contributed by atoms with Crippen LogP contribution in [0.1, 0.15) is 6.42 Å². The average molecular weight is 303 g/mol. The largest absolute Gasteiger partial charge is 0.370 e. The maximum atomic E-state index is 12.0. The van der Waals surface area contributed by atoms with Crippen LogP contribution in [0, 0.1) is 0 Å². The monoisotopic (exact) mass is 303 g/mol. The number of morpholine rings is 1. The average Bonchev–Trinajstić information content (AvgIpc) is 2.83. The fourth-order valence-corrected chi connectivity index (χ4v) is 3.33. The van der Waals surface area contributed by atoms with E-state index in [-0.39, 0.29) is 5.03 Å². The summed E-state index contributed by atoms with van der Waals surface area (Å²) in [5, 5.41) is 0.0757. The third kappa shape index (κ3) is 4.02. The van der Waals surface area contributed by atoms with Gasteiger partial charge >= 0.3 is 0 Å². The number of likely N-dealkylation sites (N-methyl/N-ethyl adjacent to an activating group) is 1. The molecule has 1 fully saturated rings. The highest BCUT2D eigenvalue weighted by atomic mass is 32.2. The molecule has 0 atom stereocenters. The second-order valence-corrected chi connectivity index (χ2v) is 7.25. The molecule has 0 saturated carbocycles. The van der Waals surface area contributed by atoms with Crippen molar-refractivity contribution in [2.45, 2.75) is 11.4 Å². The van der Waals surface area contributed by atoms with Crippen molar-refractivity contribution in [2.75, 3.05) is 46.4 Å². The highest BCUT2D eigenvalue weighted by Gasteiger charge is 2.25. The summed E-state index contributed by atoms with van der Waals surface area (Å²) >= 11 is 0. The van der Waals surface area contributed by atoms with E-state index >= 15 is 0 Å². The zero-order valence-corrected chi connectivity index (χ0v) is 12.9. The number of hydrogen-bond acceptors (Lipinski definition) is 4. The second kappa shape index (κ2) is 6.21. The van der Waals surface area contributed by atoms with Gasteiger partial charge in [0.15, 0.2) is 5.03 Å². The third-order valence-corrected chi connectivity index (χ3v) is 5.02. The normalized spacial score (nSPS) is 19.1. The van der Waals surface area contributed by atoms with Crippen LogP contribution in [0.5, 0.6) is 0 Å². The number of aromatic nitrogens is 2. The van der Waals surface area contributed by atoms with Crippen LogP contribution in [0.15, 0.2) is 17.6 Å². The summed E-state index contributed by atoms with van der Waals surface area (Å²) in [5.74, 6) is 0. The summed E-state index contributed by atoms with van der Waals surface area (Å²) < 4.78 is 34.4. The zero-order valence-electron chi connectivity index (χ0n) is 12.1. The molecule has 7 nitrogen and oxygen atoms in total. The van der Waals surface area contributed by atoms with Crippen LogP contribution >= 0.6 is 0 Å². The van der Waals surface area contributed by atoms with E-state index in [2.05, 4.69) is 16.8 Å². The summed E-state index contributed by atoms with van der Waals surface area (Å²) in [6.45, 7) is 4.95. The first-order valence-corrected chi connectivity index (χ1v) is 8.29. The van der Waals surface area contributed by atoms with E-state index in [4.69, 9.17) is 4.74 Å². The quantitative estimate of drug-likeness (QED) is 0.571. The van der Waals surface area contributed by atoms with E-state index in [0.717, 1.165) is 43.8 Å². The number of rotatable bonds is 6. The molecule has 0 bridgehead atoms. The molecule has 0 spiro atoms. The number of nitrogens with one attached hydrogen (secondary N) is 1.